The Morgan fingerprint density at radius 3 is 2.62 bits per heavy atom. The van der Waals surface area contributed by atoms with Crippen molar-refractivity contribution in [3.05, 3.63) is 24.0 Å². The van der Waals surface area contributed by atoms with Crippen LogP contribution in [0.1, 0.15) is 0 Å². The third-order valence-electron chi connectivity index (χ3n) is 1.47. The van der Waals surface area contributed by atoms with Crippen LogP contribution in [-0.2, 0) is 4.74 Å². The predicted octanol–water partition coefficient (Wildman–Crippen LogP) is 1.82. The molecule has 0 aliphatic carbocycles. The lowest BCUT2D eigenvalue weighted by molar-refractivity contribution is 0.0508. The maximum Gasteiger partial charge on any atom is 0.188 e. The fraction of sp³-hybridized carbons (Fsp3) is 0.333. The molecule has 0 heterocycles. The number of halogens is 1. The van der Waals surface area contributed by atoms with Crippen LogP contribution in [0.2, 0.25) is 0 Å². The number of hydrogen-bond donors (Lipinski definition) is 0. The van der Waals surface area contributed by atoms with Gasteiger partial charge in [-0.05, 0) is 12.1 Å². The summed E-state index contributed by atoms with van der Waals surface area (Å²) < 4.78 is 27.5. The van der Waals surface area contributed by atoms with Crippen molar-refractivity contribution in [2.75, 3.05) is 21.0 Å². The minimum absolute atomic E-state index is 0.103. The summed E-state index contributed by atoms with van der Waals surface area (Å²) in [4.78, 5) is 0. The maximum atomic E-state index is 13.0. The maximum absolute atomic E-state index is 13.0. The average Bonchev–Trinajstić information content (AvgIpc) is 2.15. The van der Waals surface area contributed by atoms with Crippen molar-refractivity contribution in [1.29, 1.82) is 0 Å². The molecule has 1 aromatic carbocycles. The molecule has 0 aliphatic rings. The fourth-order valence-electron chi connectivity index (χ4n) is 0.864. The van der Waals surface area contributed by atoms with E-state index in [4.69, 9.17) is 9.47 Å². The molecule has 1 aromatic rings. The van der Waals surface area contributed by atoms with E-state index >= 15 is 0 Å². The van der Waals surface area contributed by atoms with Gasteiger partial charge in [0.25, 0.3) is 0 Å². The summed E-state index contributed by atoms with van der Waals surface area (Å²) in [5.41, 5.74) is 0. The molecule has 0 N–H and O–H groups in total. The van der Waals surface area contributed by atoms with E-state index in [1.54, 1.807) is 6.07 Å². The number of rotatable bonds is 4. The van der Waals surface area contributed by atoms with Crippen LogP contribution in [0, 0.1) is 5.82 Å². The summed E-state index contributed by atoms with van der Waals surface area (Å²) in [7, 11) is 2.91. The summed E-state index contributed by atoms with van der Waals surface area (Å²) in [6, 6.07) is 4.36. The van der Waals surface area contributed by atoms with Crippen LogP contribution < -0.4 is 9.47 Å². The number of benzene rings is 1. The molecular weight excluding hydrogens is 175 g/mol. The molecule has 0 aromatic heterocycles. The highest BCUT2D eigenvalue weighted by molar-refractivity contribution is 5.32. The molecule has 0 saturated carbocycles. The molecule has 4 heteroatoms. The zero-order valence-corrected chi connectivity index (χ0v) is 7.54. The highest BCUT2D eigenvalue weighted by Crippen LogP contribution is 2.21. The van der Waals surface area contributed by atoms with Crippen LogP contribution in [-0.4, -0.2) is 21.0 Å². The van der Waals surface area contributed by atoms with Gasteiger partial charge in [0.15, 0.2) is 18.4 Å². The van der Waals surface area contributed by atoms with Gasteiger partial charge in [-0.2, -0.15) is 0 Å². The van der Waals surface area contributed by atoms with Crippen LogP contribution in [0.15, 0.2) is 18.2 Å². The molecule has 0 amide bonds. The Balaban J connectivity index is 2.71. The van der Waals surface area contributed by atoms with Gasteiger partial charge < -0.3 is 14.2 Å². The largest absolute Gasteiger partial charge is 0.494 e. The Morgan fingerprint density at radius 1 is 1.31 bits per heavy atom. The van der Waals surface area contributed by atoms with Crippen LogP contribution >= 0.6 is 0 Å². The Kier molecular flexibility index (Phi) is 3.52. The minimum atomic E-state index is -0.448. The fourth-order valence-corrected chi connectivity index (χ4v) is 0.864. The van der Waals surface area contributed by atoms with Gasteiger partial charge in [0, 0.05) is 13.2 Å². The second kappa shape index (κ2) is 4.67. The Bertz CT molecular complexity index is 276. The first kappa shape index (κ1) is 9.80. The van der Waals surface area contributed by atoms with Crippen LogP contribution in [0.25, 0.3) is 0 Å². The molecule has 3 nitrogen and oxygen atoms in total. The van der Waals surface area contributed by atoms with E-state index in [9.17, 15) is 4.39 Å². The van der Waals surface area contributed by atoms with Gasteiger partial charge >= 0.3 is 0 Å². The molecule has 1 rings (SSSR count). The standard InChI is InChI=1S/C9H11FO3/c1-11-6-13-7-3-4-9(12-2)8(10)5-7/h3-5H,6H2,1-2H3. The lowest BCUT2D eigenvalue weighted by Crippen LogP contribution is -1.99. The van der Waals surface area contributed by atoms with Crippen molar-refractivity contribution in [2.24, 2.45) is 0 Å². The molecule has 0 atom stereocenters. The molecular formula is C9H11FO3. The van der Waals surface area contributed by atoms with Gasteiger partial charge in [0.2, 0.25) is 0 Å². The van der Waals surface area contributed by atoms with E-state index in [1.165, 1.54) is 26.4 Å². The monoisotopic (exact) mass is 186 g/mol. The van der Waals surface area contributed by atoms with Gasteiger partial charge in [-0.15, -0.1) is 0 Å². The van der Waals surface area contributed by atoms with Gasteiger partial charge in [-0.1, -0.05) is 0 Å². The van der Waals surface area contributed by atoms with Gasteiger partial charge in [0.05, 0.1) is 7.11 Å². The smallest absolute Gasteiger partial charge is 0.188 e. The topological polar surface area (TPSA) is 27.7 Å². The Labute approximate surface area is 76.0 Å². The van der Waals surface area contributed by atoms with E-state index in [0.29, 0.717) is 5.75 Å². The second-order valence-electron chi connectivity index (χ2n) is 2.35. The van der Waals surface area contributed by atoms with Crippen molar-refractivity contribution in [3.63, 3.8) is 0 Å². The van der Waals surface area contributed by atoms with Gasteiger partial charge in [0.1, 0.15) is 5.75 Å². The Morgan fingerprint density at radius 2 is 2.08 bits per heavy atom. The predicted molar refractivity (Wildman–Crippen MR) is 45.5 cm³/mol. The first-order valence-corrected chi connectivity index (χ1v) is 3.73. The molecule has 0 spiro atoms. The van der Waals surface area contributed by atoms with Crippen LogP contribution in [0.3, 0.4) is 0 Å². The third-order valence-corrected chi connectivity index (χ3v) is 1.47. The first-order valence-electron chi connectivity index (χ1n) is 3.73. The van der Waals surface area contributed by atoms with E-state index in [-0.39, 0.29) is 12.5 Å². The molecule has 13 heavy (non-hydrogen) atoms. The molecule has 0 bridgehead atoms. The van der Waals surface area contributed by atoms with Crippen molar-refractivity contribution < 1.29 is 18.6 Å². The van der Waals surface area contributed by atoms with E-state index in [0.717, 1.165) is 0 Å². The number of methoxy groups -OCH3 is 2. The number of hydrogen-bond acceptors (Lipinski definition) is 3. The first-order chi connectivity index (χ1) is 6.27. The second-order valence-corrected chi connectivity index (χ2v) is 2.35. The minimum Gasteiger partial charge on any atom is -0.494 e. The van der Waals surface area contributed by atoms with Crippen molar-refractivity contribution >= 4 is 0 Å². The summed E-state index contributed by atoms with van der Waals surface area (Å²) in [6.45, 7) is 0.103. The lowest BCUT2D eigenvalue weighted by atomic mass is 10.3. The summed E-state index contributed by atoms with van der Waals surface area (Å²) in [5, 5.41) is 0. The SMILES string of the molecule is COCOc1ccc(OC)c(F)c1. The third kappa shape index (κ3) is 2.59. The molecule has 0 unspecified atom stereocenters. The van der Waals surface area contributed by atoms with E-state index in [2.05, 4.69) is 4.74 Å². The number of ether oxygens (including phenoxy) is 3. The molecule has 0 fully saturated rings. The van der Waals surface area contributed by atoms with Crippen molar-refractivity contribution in [3.8, 4) is 11.5 Å². The quantitative estimate of drug-likeness (QED) is 0.671. The normalized spacial score (nSPS) is 9.77. The molecule has 72 valence electrons. The van der Waals surface area contributed by atoms with Gasteiger partial charge in [-0.25, -0.2) is 4.39 Å². The zero-order chi connectivity index (χ0) is 9.68. The van der Waals surface area contributed by atoms with Crippen LogP contribution in [0.5, 0.6) is 11.5 Å². The van der Waals surface area contributed by atoms with Crippen LogP contribution in [0.4, 0.5) is 4.39 Å². The summed E-state index contributed by atoms with van der Waals surface area (Å²) >= 11 is 0. The van der Waals surface area contributed by atoms with Crippen molar-refractivity contribution in [2.45, 2.75) is 0 Å². The average molecular weight is 186 g/mol. The highest BCUT2D eigenvalue weighted by Gasteiger charge is 2.03. The molecule has 0 aliphatic heterocycles. The zero-order valence-electron chi connectivity index (χ0n) is 7.54. The summed E-state index contributed by atoms with van der Waals surface area (Å²) in [6.07, 6.45) is 0. The highest BCUT2D eigenvalue weighted by atomic mass is 19.1. The molecule has 0 saturated heterocycles. The van der Waals surface area contributed by atoms with Crippen molar-refractivity contribution in [1.82, 2.24) is 0 Å². The molecule has 0 radical (unpaired) electrons. The van der Waals surface area contributed by atoms with Gasteiger partial charge in [-0.3, -0.25) is 0 Å². The summed E-state index contributed by atoms with van der Waals surface area (Å²) in [5.74, 6) is 0.168. The van der Waals surface area contributed by atoms with E-state index < -0.39 is 5.82 Å². The lowest BCUT2D eigenvalue weighted by Gasteiger charge is -2.06. The Hall–Kier alpha value is -1.29. The van der Waals surface area contributed by atoms with E-state index in [1.807, 2.05) is 0 Å².